The summed E-state index contributed by atoms with van der Waals surface area (Å²) in [7, 11) is 3.56. The quantitative estimate of drug-likeness (QED) is 0.642. The Morgan fingerprint density at radius 2 is 2.11 bits per heavy atom. The monoisotopic (exact) mass is 397 g/mol. The Morgan fingerprint density at radius 1 is 1.37 bits per heavy atom. The van der Waals surface area contributed by atoms with Crippen LogP contribution in [0.5, 0.6) is 0 Å². The number of likely N-dealkylation sites (N-methyl/N-ethyl adjacent to an activating group) is 1. The molecule has 2 aliphatic rings. The van der Waals surface area contributed by atoms with Gasteiger partial charge in [-0.1, -0.05) is 0 Å². The highest BCUT2D eigenvalue weighted by molar-refractivity contribution is 6.28. The van der Waals surface area contributed by atoms with Crippen LogP contribution in [0, 0.1) is 5.92 Å². The van der Waals surface area contributed by atoms with Crippen LogP contribution in [-0.4, -0.2) is 87.5 Å². The smallest absolute Gasteiger partial charge is 0.241 e. The van der Waals surface area contributed by atoms with Gasteiger partial charge in [-0.25, -0.2) is 4.98 Å². The van der Waals surface area contributed by atoms with Gasteiger partial charge in [0.15, 0.2) is 5.82 Å². The van der Waals surface area contributed by atoms with Gasteiger partial charge in [-0.05, 0) is 30.4 Å². The number of nitrogens with zero attached hydrogens (tertiary/aromatic N) is 5. The second-order valence-electron chi connectivity index (χ2n) is 7.08. The maximum atomic E-state index is 12.8. The molecule has 150 valence electrons. The second kappa shape index (κ2) is 9.52. The fourth-order valence-electron chi connectivity index (χ4n) is 3.55. The zero-order chi connectivity index (χ0) is 19.2. The average Bonchev–Trinajstić information content (AvgIpc) is 2.67. The van der Waals surface area contributed by atoms with Crippen molar-refractivity contribution in [1.29, 1.82) is 0 Å². The molecule has 1 amide bonds. The minimum absolute atomic E-state index is 0.104. The molecular formula is C18H28ClN5O3. The molecule has 1 saturated heterocycles. The van der Waals surface area contributed by atoms with Crippen LogP contribution >= 0.6 is 11.6 Å². The third-order valence-electron chi connectivity index (χ3n) is 5.19. The molecule has 0 unspecified atom stereocenters. The highest BCUT2D eigenvalue weighted by Gasteiger charge is 2.27. The van der Waals surface area contributed by atoms with Crippen molar-refractivity contribution in [1.82, 2.24) is 14.9 Å². The van der Waals surface area contributed by atoms with Crippen molar-refractivity contribution in [2.45, 2.75) is 12.8 Å². The van der Waals surface area contributed by atoms with Crippen molar-refractivity contribution >= 4 is 29.0 Å². The number of ether oxygens (including phenoxy) is 2. The zero-order valence-electron chi connectivity index (χ0n) is 16.1. The van der Waals surface area contributed by atoms with Crippen LogP contribution in [0.25, 0.3) is 0 Å². The number of aromatic nitrogens is 2. The average molecular weight is 398 g/mol. The Morgan fingerprint density at radius 3 is 2.85 bits per heavy atom. The van der Waals surface area contributed by atoms with Gasteiger partial charge in [-0.15, -0.1) is 0 Å². The third-order valence-corrected chi connectivity index (χ3v) is 5.37. The predicted molar refractivity (Wildman–Crippen MR) is 105 cm³/mol. The SMILES string of the molecule is COCCN1CCN(CC(=O)N(C)CC2CCOCC2)c2cnc(Cl)nc21. The highest BCUT2D eigenvalue weighted by Crippen LogP contribution is 2.31. The van der Waals surface area contributed by atoms with Crippen LogP contribution in [0.4, 0.5) is 11.5 Å². The van der Waals surface area contributed by atoms with Crippen LogP contribution in [-0.2, 0) is 14.3 Å². The van der Waals surface area contributed by atoms with Gasteiger partial charge in [0, 0.05) is 53.6 Å². The zero-order valence-corrected chi connectivity index (χ0v) is 16.8. The van der Waals surface area contributed by atoms with E-state index in [1.807, 2.05) is 16.8 Å². The Balaban J connectivity index is 1.64. The van der Waals surface area contributed by atoms with Crippen molar-refractivity contribution < 1.29 is 14.3 Å². The normalized spacial score (nSPS) is 17.7. The summed E-state index contributed by atoms with van der Waals surface area (Å²) in [5.74, 6) is 1.39. The summed E-state index contributed by atoms with van der Waals surface area (Å²) in [6.45, 7) is 5.51. The van der Waals surface area contributed by atoms with Crippen molar-refractivity contribution in [2.75, 3.05) is 76.5 Å². The molecule has 1 aromatic heterocycles. The molecule has 0 aliphatic carbocycles. The van der Waals surface area contributed by atoms with Crippen LogP contribution in [0.2, 0.25) is 5.28 Å². The summed E-state index contributed by atoms with van der Waals surface area (Å²) in [4.78, 5) is 27.3. The molecule has 27 heavy (non-hydrogen) atoms. The van der Waals surface area contributed by atoms with Crippen LogP contribution in [0.15, 0.2) is 6.20 Å². The van der Waals surface area contributed by atoms with E-state index < -0.39 is 0 Å². The van der Waals surface area contributed by atoms with Crippen LogP contribution < -0.4 is 9.80 Å². The fraction of sp³-hybridized carbons (Fsp3) is 0.722. The number of amides is 1. The first-order chi connectivity index (χ1) is 13.1. The summed E-state index contributed by atoms with van der Waals surface area (Å²) < 4.78 is 10.6. The molecule has 2 aliphatic heterocycles. The maximum Gasteiger partial charge on any atom is 0.241 e. The molecule has 1 aromatic rings. The number of rotatable bonds is 7. The number of hydrogen-bond acceptors (Lipinski definition) is 7. The van der Waals surface area contributed by atoms with E-state index in [1.165, 1.54) is 0 Å². The lowest BCUT2D eigenvalue weighted by molar-refractivity contribution is -0.129. The molecule has 0 N–H and O–H groups in total. The van der Waals surface area contributed by atoms with E-state index in [4.69, 9.17) is 21.1 Å². The summed E-state index contributed by atoms with van der Waals surface area (Å²) in [6.07, 6.45) is 3.74. The van der Waals surface area contributed by atoms with Gasteiger partial charge >= 0.3 is 0 Å². The molecule has 0 bridgehead atoms. The molecule has 8 nitrogen and oxygen atoms in total. The number of fused-ring (bicyclic) bond motifs is 1. The number of carbonyl (C=O) groups is 1. The first-order valence-corrected chi connectivity index (χ1v) is 9.79. The topological polar surface area (TPSA) is 71.0 Å². The first kappa shape index (κ1) is 20.1. The van der Waals surface area contributed by atoms with Gasteiger partial charge in [-0.3, -0.25) is 4.79 Å². The standard InChI is InChI=1S/C18H28ClN5O3/c1-22(12-14-3-8-27-9-4-14)16(25)13-24-6-5-23(7-10-26-2)17-15(24)11-20-18(19)21-17/h11,14H,3-10,12-13H2,1-2H3. The summed E-state index contributed by atoms with van der Waals surface area (Å²) in [6, 6.07) is 0. The lowest BCUT2D eigenvalue weighted by Crippen LogP contribution is -2.47. The van der Waals surface area contributed by atoms with E-state index in [1.54, 1.807) is 13.3 Å². The Kier molecular flexibility index (Phi) is 7.09. The first-order valence-electron chi connectivity index (χ1n) is 9.41. The maximum absolute atomic E-state index is 12.8. The second-order valence-corrected chi connectivity index (χ2v) is 7.42. The minimum Gasteiger partial charge on any atom is -0.383 e. The molecule has 9 heteroatoms. The molecule has 0 spiro atoms. The number of halogens is 1. The predicted octanol–water partition coefficient (Wildman–Crippen LogP) is 1.29. The van der Waals surface area contributed by atoms with Gasteiger partial charge in [-0.2, -0.15) is 4.98 Å². The fourth-order valence-corrected chi connectivity index (χ4v) is 3.68. The molecule has 1 fully saturated rings. The Labute approximate surface area is 165 Å². The molecule has 3 rings (SSSR count). The molecule has 0 aromatic carbocycles. The van der Waals surface area contributed by atoms with Gasteiger partial charge < -0.3 is 24.2 Å². The molecule has 0 saturated carbocycles. The van der Waals surface area contributed by atoms with Gasteiger partial charge in [0.1, 0.15) is 0 Å². The minimum atomic E-state index is 0.104. The van der Waals surface area contributed by atoms with Crippen molar-refractivity contribution in [3.63, 3.8) is 0 Å². The van der Waals surface area contributed by atoms with Gasteiger partial charge in [0.05, 0.1) is 25.0 Å². The van der Waals surface area contributed by atoms with E-state index in [0.717, 1.165) is 63.7 Å². The largest absolute Gasteiger partial charge is 0.383 e. The van der Waals surface area contributed by atoms with Crippen molar-refractivity contribution in [3.05, 3.63) is 11.5 Å². The van der Waals surface area contributed by atoms with E-state index in [0.29, 0.717) is 19.1 Å². The summed E-state index contributed by atoms with van der Waals surface area (Å²) in [5, 5.41) is 0.209. The Hall–Kier alpha value is -1.64. The van der Waals surface area contributed by atoms with Crippen LogP contribution in [0.1, 0.15) is 12.8 Å². The lowest BCUT2D eigenvalue weighted by atomic mass is 10.00. The molecule has 3 heterocycles. The van der Waals surface area contributed by atoms with E-state index >= 15 is 0 Å². The number of hydrogen-bond donors (Lipinski definition) is 0. The number of methoxy groups -OCH3 is 1. The van der Waals surface area contributed by atoms with E-state index in [-0.39, 0.29) is 11.2 Å². The van der Waals surface area contributed by atoms with Gasteiger partial charge in [0.2, 0.25) is 11.2 Å². The van der Waals surface area contributed by atoms with Gasteiger partial charge in [0.25, 0.3) is 0 Å². The van der Waals surface area contributed by atoms with Crippen LogP contribution in [0.3, 0.4) is 0 Å². The number of anilines is 2. The van der Waals surface area contributed by atoms with E-state index in [9.17, 15) is 4.79 Å². The van der Waals surface area contributed by atoms with Crippen molar-refractivity contribution in [3.8, 4) is 0 Å². The molecular weight excluding hydrogens is 370 g/mol. The van der Waals surface area contributed by atoms with E-state index in [2.05, 4.69) is 14.9 Å². The summed E-state index contributed by atoms with van der Waals surface area (Å²) >= 11 is 6.00. The summed E-state index contributed by atoms with van der Waals surface area (Å²) in [5.41, 5.74) is 0.842. The highest BCUT2D eigenvalue weighted by atomic mass is 35.5. The third kappa shape index (κ3) is 5.21. The Bertz CT molecular complexity index is 641. The molecule has 0 radical (unpaired) electrons. The van der Waals surface area contributed by atoms with Crippen molar-refractivity contribution in [2.24, 2.45) is 5.92 Å². The number of carbonyl (C=O) groups excluding carboxylic acids is 1. The molecule has 0 atom stereocenters. The lowest BCUT2D eigenvalue weighted by Gasteiger charge is -2.38.